The Balaban J connectivity index is 1.70. The number of carbonyl (C=O) groups is 1. The minimum Gasteiger partial charge on any atom is -0.501 e. The number of nitrogen functional groups attached to an aromatic ring is 1. The van der Waals surface area contributed by atoms with Crippen molar-refractivity contribution in [1.29, 1.82) is 0 Å². The summed E-state index contributed by atoms with van der Waals surface area (Å²) >= 11 is 0. The lowest BCUT2D eigenvalue weighted by Crippen LogP contribution is -2.24. The molecule has 5 rings (SSSR count). The van der Waals surface area contributed by atoms with E-state index in [4.69, 9.17) is 14.9 Å². The Bertz CT molecular complexity index is 1700. The van der Waals surface area contributed by atoms with E-state index in [2.05, 4.69) is 30.3 Å². The first-order valence-electron chi connectivity index (χ1n) is 11.3. The van der Waals surface area contributed by atoms with Crippen LogP contribution in [0, 0.1) is 6.92 Å². The van der Waals surface area contributed by atoms with Crippen molar-refractivity contribution in [2.24, 2.45) is 0 Å². The van der Waals surface area contributed by atoms with Crippen LogP contribution in [0.1, 0.15) is 42.6 Å². The van der Waals surface area contributed by atoms with Crippen LogP contribution in [0.3, 0.4) is 0 Å². The molecule has 3 N–H and O–H groups in total. The normalized spacial score (nSPS) is 12.0. The predicted octanol–water partition coefficient (Wildman–Crippen LogP) is 5.50. The van der Waals surface area contributed by atoms with Gasteiger partial charge in [-0.25, -0.2) is 4.79 Å². The third-order valence-electron chi connectivity index (χ3n) is 6.11. The number of hydrogen-bond donors (Lipinski definition) is 2. The second-order valence-corrected chi connectivity index (χ2v) is 9.71. The minimum absolute atomic E-state index is 0.136. The lowest BCUT2D eigenvalue weighted by atomic mass is 10.1. The zero-order valence-electron chi connectivity index (χ0n) is 20.0. The molecule has 7 heteroatoms. The van der Waals surface area contributed by atoms with E-state index in [1.165, 1.54) is 0 Å². The molecule has 0 radical (unpaired) electrons. The van der Waals surface area contributed by atoms with Crippen LogP contribution in [0.2, 0.25) is 0 Å². The molecule has 0 aliphatic carbocycles. The van der Waals surface area contributed by atoms with Gasteiger partial charge in [0.25, 0.3) is 5.76 Å². The van der Waals surface area contributed by atoms with Gasteiger partial charge in [0.1, 0.15) is 5.60 Å². The summed E-state index contributed by atoms with van der Waals surface area (Å²) in [6.07, 6.45) is 0. The molecule has 0 aliphatic heterocycles. The summed E-state index contributed by atoms with van der Waals surface area (Å²) in [5.41, 5.74) is 8.18. The number of benzene rings is 3. The summed E-state index contributed by atoms with van der Waals surface area (Å²) in [7, 11) is 0. The summed E-state index contributed by atoms with van der Waals surface area (Å²) < 4.78 is 13.2. The highest BCUT2D eigenvalue weighted by molar-refractivity contribution is 6.11. The van der Waals surface area contributed by atoms with E-state index in [9.17, 15) is 14.7 Å². The highest BCUT2D eigenvalue weighted by Crippen LogP contribution is 2.36. The van der Waals surface area contributed by atoms with Gasteiger partial charge in [-0.05, 0) is 62.2 Å². The van der Waals surface area contributed by atoms with Crippen molar-refractivity contribution in [2.75, 3.05) is 5.73 Å². The van der Waals surface area contributed by atoms with E-state index < -0.39 is 28.5 Å². The van der Waals surface area contributed by atoms with Crippen LogP contribution in [0.5, 0.6) is 5.75 Å². The largest absolute Gasteiger partial charge is 0.501 e. The summed E-state index contributed by atoms with van der Waals surface area (Å²) in [6, 6.07) is 17.8. The standard InChI is InChI=1S/C28H26N2O5/c1-15-22(29)21-20(30(15)14-16-9-10-17-7-5-6-8-18(17)13-16)12-11-19-23(31)24(32)26(34-25(19)21)27(33)35-28(2,3)4/h5-13,32H,14,29H2,1-4H3. The number of aromatic nitrogens is 1. The molecule has 0 fully saturated rings. The number of rotatable bonds is 3. The summed E-state index contributed by atoms with van der Waals surface area (Å²) in [6.45, 7) is 7.52. The maximum absolute atomic E-state index is 12.9. The molecule has 0 atom stereocenters. The van der Waals surface area contributed by atoms with E-state index >= 15 is 0 Å². The molecule has 0 amide bonds. The van der Waals surface area contributed by atoms with E-state index in [0.29, 0.717) is 17.6 Å². The van der Waals surface area contributed by atoms with E-state index in [1.54, 1.807) is 32.9 Å². The molecule has 0 unspecified atom stereocenters. The van der Waals surface area contributed by atoms with Crippen LogP contribution in [-0.2, 0) is 11.3 Å². The van der Waals surface area contributed by atoms with E-state index in [0.717, 1.165) is 27.5 Å². The molecule has 5 aromatic rings. The number of ether oxygens (including phenoxy) is 1. The fraction of sp³-hybridized carbons (Fsp3) is 0.214. The summed E-state index contributed by atoms with van der Waals surface area (Å²) in [4.78, 5) is 25.6. The molecular weight excluding hydrogens is 444 g/mol. The molecule has 0 saturated carbocycles. The fourth-order valence-electron chi connectivity index (χ4n) is 4.42. The maximum Gasteiger partial charge on any atom is 0.378 e. The summed E-state index contributed by atoms with van der Waals surface area (Å²) in [5.74, 6) is -2.24. The molecule has 7 nitrogen and oxygen atoms in total. The molecule has 2 heterocycles. The number of nitrogens with two attached hydrogens (primary N) is 1. The number of carbonyl (C=O) groups excluding carboxylic acids is 1. The van der Waals surface area contributed by atoms with E-state index in [1.807, 2.05) is 23.6 Å². The van der Waals surface area contributed by atoms with Crippen molar-refractivity contribution in [2.45, 2.75) is 39.8 Å². The van der Waals surface area contributed by atoms with Crippen LogP contribution < -0.4 is 11.2 Å². The molecule has 0 bridgehead atoms. The molecule has 0 aliphatic rings. The minimum atomic E-state index is -0.920. The lowest BCUT2D eigenvalue weighted by Gasteiger charge is -2.19. The van der Waals surface area contributed by atoms with Crippen LogP contribution in [0.4, 0.5) is 5.69 Å². The molecule has 3 aromatic carbocycles. The van der Waals surface area contributed by atoms with Gasteiger partial charge in [-0.2, -0.15) is 0 Å². The zero-order chi connectivity index (χ0) is 25.1. The van der Waals surface area contributed by atoms with Crippen molar-refractivity contribution in [1.82, 2.24) is 4.57 Å². The predicted molar refractivity (Wildman–Crippen MR) is 137 cm³/mol. The summed E-state index contributed by atoms with van der Waals surface area (Å²) in [5, 5.41) is 13.4. The number of esters is 1. The van der Waals surface area contributed by atoms with Crippen molar-refractivity contribution in [3.63, 3.8) is 0 Å². The molecule has 0 spiro atoms. The first kappa shape index (κ1) is 22.5. The highest BCUT2D eigenvalue weighted by Gasteiger charge is 2.27. The Labute approximate surface area is 201 Å². The van der Waals surface area contributed by atoms with Gasteiger partial charge in [-0.15, -0.1) is 0 Å². The van der Waals surface area contributed by atoms with Gasteiger partial charge < -0.3 is 24.6 Å². The van der Waals surface area contributed by atoms with Crippen LogP contribution in [-0.4, -0.2) is 21.2 Å². The first-order valence-corrected chi connectivity index (χ1v) is 11.3. The Morgan fingerprint density at radius 1 is 1.09 bits per heavy atom. The quantitative estimate of drug-likeness (QED) is 0.337. The first-order chi connectivity index (χ1) is 16.5. The topological polar surface area (TPSA) is 108 Å². The van der Waals surface area contributed by atoms with Gasteiger partial charge in [0.05, 0.1) is 22.0 Å². The number of aromatic hydroxyl groups is 1. The van der Waals surface area contributed by atoms with Crippen molar-refractivity contribution in [3.05, 3.63) is 81.8 Å². The van der Waals surface area contributed by atoms with Crippen molar-refractivity contribution < 1.29 is 19.1 Å². The Morgan fingerprint density at radius 3 is 2.51 bits per heavy atom. The zero-order valence-corrected chi connectivity index (χ0v) is 20.0. The third kappa shape index (κ3) is 3.79. The Morgan fingerprint density at radius 2 is 1.80 bits per heavy atom. The second-order valence-electron chi connectivity index (χ2n) is 9.71. The molecule has 2 aromatic heterocycles. The van der Waals surface area contributed by atoms with Gasteiger partial charge in [-0.3, -0.25) is 4.79 Å². The van der Waals surface area contributed by atoms with Crippen molar-refractivity contribution in [3.8, 4) is 5.75 Å². The van der Waals surface area contributed by atoms with Gasteiger partial charge in [-0.1, -0.05) is 36.4 Å². The second kappa shape index (κ2) is 7.91. The molecule has 35 heavy (non-hydrogen) atoms. The van der Waals surface area contributed by atoms with Gasteiger partial charge in [0, 0.05) is 12.2 Å². The Hall–Kier alpha value is -4.26. The fourth-order valence-corrected chi connectivity index (χ4v) is 4.42. The number of hydrogen-bond acceptors (Lipinski definition) is 6. The average molecular weight is 471 g/mol. The SMILES string of the molecule is Cc1c(N)c2c3oc(C(=O)OC(C)(C)C)c(O)c(=O)c3ccc2n1Cc1ccc2ccccc2c1. The monoisotopic (exact) mass is 470 g/mol. The smallest absolute Gasteiger partial charge is 0.378 e. The number of fused-ring (bicyclic) bond motifs is 4. The van der Waals surface area contributed by atoms with Crippen LogP contribution in [0.15, 0.2) is 63.8 Å². The van der Waals surface area contributed by atoms with Gasteiger partial charge in [0.2, 0.25) is 11.2 Å². The Kier molecular flexibility index (Phi) is 5.09. The van der Waals surface area contributed by atoms with Crippen LogP contribution >= 0.6 is 0 Å². The number of anilines is 1. The van der Waals surface area contributed by atoms with Gasteiger partial charge in [0.15, 0.2) is 5.58 Å². The lowest BCUT2D eigenvalue weighted by molar-refractivity contribution is 0.00322. The van der Waals surface area contributed by atoms with Crippen LogP contribution in [0.25, 0.3) is 32.6 Å². The third-order valence-corrected chi connectivity index (χ3v) is 6.11. The van der Waals surface area contributed by atoms with E-state index in [-0.39, 0.29) is 11.0 Å². The molecular formula is C28H26N2O5. The van der Waals surface area contributed by atoms with Crippen molar-refractivity contribution >= 4 is 44.3 Å². The maximum atomic E-state index is 12.9. The number of nitrogens with zero attached hydrogens (tertiary/aromatic N) is 1. The molecule has 178 valence electrons. The average Bonchev–Trinajstić information content (AvgIpc) is 3.05. The highest BCUT2D eigenvalue weighted by atomic mass is 16.6. The molecule has 0 saturated heterocycles. The van der Waals surface area contributed by atoms with Gasteiger partial charge >= 0.3 is 5.97 Å².